The number of fused-ring (bicyclic) bond motifs is 1. The van der Waals surface area contributed by atoms with Crippen LogP contribution in [-0.2, 0) is 4.74 Å². The number of amides is 1. The highest BCUT2D eigenvalue weighted by atomic mass is 35.5. The Kier molecular flexibility index (Phi) is 13.0. The van der Waals surface area contributed by atoms with Crippen molar-refractivity contribution in [3.63, 3.8) is 0 Å². The van der Waals surface area contributed by atoms with Gasteiger partial charge in [0.05, 0.1) is 5.54 Å². The molecule has 0 saturated carbocycles. The van der Waals surface area contributed by atoms with E-state index >= 15 is 0 Å². The highest BCUT2D eigenvalue weighted by Gasteiger charge is 2.45. The van der Waals surface area contributed by atoms with E-state index in [-0.39, 0.29) is 17.6 Å². The molecular formula is C32H51ClN2O2. The molecule has 1 heterocycles. The highest BCUT2D eigenvalue weighted by Crippen LogP contribution is 2.49. The van der Waals surface area contributed by atoms with E-state index in [0.29, 0.717) is 19.0 Å². The summed E-state index contributed by atoms with van der Waals surface area (Å²) in [7, 11) is 0. The van der Waals surface area contributed by atoms with Crippen molar-refractivity contribution in [2.24, 2.45) is 5.92 Å². The summed E-state index contributed by atoms with van der Waals surface area (Å²) in [4.78, 5) is 14.5. The van der Waals surface area contributed by atoms with Gasteiger partial charge in [-0.3, -0.25) is 0 Å². The first-order chi connectivity index (χ1) is 17.5. The molecule has 208 valence electrons. The molecule has 0 spiro atoms. The van der Waals surface area contributed by atoms with E-state index in [1.807, 2.05) is 59.4 Å². The van der Waals surface area contributed by atoms with Gasteiger partial charge in [-0.1, -0.05) is 77.9 Å². The quantitative estimate of drug-likeness (QED) is 0.412. The largest absolute Gasteiger partial charge is 0.444 e. The number of hydrogen-bond donors (Lipinski definition) is 1. The van der Waals surface area contributed by atoms with Crippen molar-refractivity contribution in [3.8, 4) is 0 Å². The van der Waals surface area contributed by atoms with E-state index in [1.54, 1.807) is 6.20 Å². The molecule has 1 aromatic rings. The van der Waals surface area contributed by atoms with Crippen LogP contribution < -0.4 is 5.32 Å². The second-order valence-corrected chi connectivity index (χ2v) is 10.9. The Hall–Kier alpha value is -2.20. The topological polar surface area (TPSA) is 41.6 Å². The van der Waals surface area contributed by atoms with Crippen LogP contribution in [0.1, 0.15) is 105 Å². The van der Waals surface area contributed by atoms with Crippen LogP contribution in [0.4, 0.5) is 4.79 Å². The standard InChI is InChI=1S/C28H39ClN2O2.2C2H6/c1-8-10-21-17-22-18-23(29)11-12-24(22)25(28(7,19(21)3)30-9-2)20-13-15-31(16-14-20)26(32)33-27(4,5)6;2*1-2/h9,11-12,17-18,20,25,30H,2-3,8,10,13-16H2,1,4-7H3;2*1-2H3. The van der Waals surface area contributed by atoms with Gasteiger partial charge in [0.15, 0.2) is 0 Å². The smallest absolute Gasteiger partial charge is 0.410 e. The van der Waals surface area contributed by atoms with Gasteiger partial charge in [-0.05, 0) is 93.5 Å². The molecule has 0 bridgehead atoms. The molecule has 1 fully saturated rings. The lowest BCUT2D eigenvalue weighted by atomic mass is 9.66. The maximum atomic E-state index is 12.6. The number of halogens is 1. The Morgan fingerprint density at radius 3 is 2.32 bits per heavy atom. The SMILES string of the molecule is C=CNC1(C)C(=C)C(CCC)=Cc2cc(Cl)ccc2C1C1CCN(C(=O)OC(C)(C)C)CC1.CC.CC. The molecule has 0 radical (unpaired) electrons. The third-order valence-electron chi connectivity index (χ3n) is 6.93. The van der Waals surface area contributed by atoms with Crippen molar-refractivity contribution in [2.75, 3.05) is 13.1 Å². The van der Waals surface area contributed by atoms with E-state index < -0.39 is 5.60 Å². The number of carbonyl (C=O) groups excluding carboxylic acids is 1. The van der Waals surface area contributed by atoms with Crippen molar-refractivity contribution in [1.82, 2.24) is 10.2 Å². The summed E-state index contributed by atoms with van der Waals surface area (Å²) in [5.74, 6) is 0.536. The van der Waals surface area contributed by atoms with Crippen LogP contribution in [0.25, 0.3) is 6.08 Å². The molecule has 3 rings (SSSR count). The molecule has 1 saturated heterocycles. The molecule has 2 unspecified atom stereocenters. The van der Waals surface area contributed by atoms with E-state index in [9.17, 15) is 4.79 Å². The zero-order valence-corrected chi connectivity index (χ0v) is 25.6. The molecule has 1 N–H and O–H groups in total. The normalized spacial score (nSPS) is 21.7. The lowest BCUT2D eigenvalue weighted by Gasteiger charge is -2.46. The Labute approximate surface area is 232 Å². The molecule has 2 aliphatic rings. The van der Waals surface area contributed by atoms with Crippen molar-refractivity contribution in [2.45, 2.75) is 105 Å². The lowest BCUT2D eigenvalue weighted by Crippen LogP contribution is -2.51. The molecule has 37 heavy (non-hydrogen) atoms. The number of carbonyl (C=O) groups is 1. The van der Waals surface area contributed by atoms with Gasteiger partial charge in [0, 0.05) is 24.0 Å². The summed E-state index contributed by atoms with van der Waals surface area (Å²) < 4.78 is 5.61. The van der Waals surface area contributed by atoms with Crippen LogP contribution in [-0.4, -0.2) is 35.2 Å². The van der Waals surface area contributed by atoms with E-state index in [1.165, 1.54) is 16.7 Å². The molecular weight excluding hydrogens is 480 g/mol. The van der Waals surface area contributed by atoms with Crippen molar-refractivity contribution in [1.29, 1.82) is 0 Å². The van der Waals surface area contributed by atoms with Gasteiger partial charge in [0.25, 0.3) is 0 Å². The van der Waals surface area contributed by atoms with Crippen LogP contribution in [0.15, 0.2) is 48.7 Å². The van der Waals surface area contributed by atoms with E-state index in [2.05, 4.69) is 50.5 Å². The van der Waals surface area contributed by atoms with Gasteiger partial charge in [0.1, 0.15) is 5.60 Å². The first kappa shape index (κ1) is 32.8. The summed E-state index contributed by atoms with van der Waals surface area (Å²) in [5, 5.41) is 4.33. The Balaban J connectivity index is 0.00000163. The second kappa shape index (κ2) is 14.7. The Bertz CT molecular complexity index is 939. The van der Waals surface area contributed by atoms with Crippen LogP contribution in [0.5, 0.6) is 0 Å². The summed E-state index contributed by atoms with van der Waals surface area (Å²) in [6.45, 7) is 28.1. The molecule has 1 aliphatic heterocycles. The average molecular weight is 531 g/mol. The molecule has 1 aromatic carbocycles. The van der Waals surface area contributed by atoms with Gasteiger partial charge >= 0.3 is 6.09 Å². The fraction of sp³-hybridized carbons (Fsp3) is 0.594. The lowest BCUT2D eigenvalue weighted by molar-refractivity contribution is 0.0163. The molecule has 1 amide bonds. The van der Waals surface area contributed by atoms with E-state index in [0.717, 1.165) is 36.3 Å². The van der Waals surface area contributed by atoms with Gasteiger partial charge in [-0.15, -0.1) is 0 Å². The van der Waals surface area contributed by atoms with Crippen LogP contribution >= 0.6 is 11.6 Å². The number of nitrogens with one attached hydrogen (secondary N) is 1. The maximum absolute atomic E-state index is 12.6. The summed E-state index contributed by atoms with van der Waals surface area (Å²) in [6.07, 6.45) is 7.64. The third kappa shape index (κ3) is 8.14. The number of likely N-dealkylation sites (tertiary alicyclic amines) is 1. The Morgan fingerprint density at radius 1 is 1.22 bits per heavy atom. The number of rotatable bonds is 5. The monoisotopic (exact) mass is 530 g/mol. The molecule has 4 nitrogen and oxygen atoms in total. The second-order valence-electron chi connectivity index (χ2n) is 10.5. The minimum atomic E-state index is -0.487. The third-order valence-corrected chi connectivity index (χ3v) is 7.17. The summed E-state index contributed by atoms with van der Waals surface area (Å²) in [6, 6.07) is 6.23. The van der Waals surface area contributed by atoms with Gasteiger partial charge in [-0.25, -0.2) is 4.79 Å². The zero-order chi connectivity index (χ0) is 28.4. The maximum Gasteiger partial charge on any atom is 0.410 e. The average Bonchev–Trinajstić information content (AvgIpc) is 2.94. The van der Waals surface area contributed by atoms with Crippen molar-refractivity contribution in [3.05, 3.63) is 64.9 Å². The summed E-state index contributed by atoms with van der Waals surface area (Å²) in [5.41, 5.74) is 3.93. The number of ether oxygens (including phenoxy) is 1. The fourth-order valence-electron chi connectivity index (χ4n) is 5.41. The van der Waals surface area contributed by atoms with Gasteiger partial charge < -0.3 is 15.0 Å². The van der Waals surface area contributed by atoms with Crippen LogP contribution in [0.3, 0.4) is 0 Å². The van der Waals surface area contributed by atoms with Crippen molar-refractivity contribution < 1.29 is 9.53 Å². The number of nitrogens with zero attached hydrogens (tertiary/aromatic N) is 1. The highest BCUT2D eigenvalue weighted by molar-refractivity contribution is 6.30. The van der Waals surface area contributed by atoms with E-state index in [4.69, 9.17) is 16.3 Å². The first-order valence-electron chi connectivity index (χ1n) is 14.1. The molecule has 5 heteroatoms. The minimum absolute atomic E-state index is 0.168. The molecule has 2 atom stereocenters. The first-order valence-corrected chi connectivity index (χ1v) is 14.4. The summed E-state index contributed by atoms with van der Waals surface area (Å²) >= 11 is 6.42. The fourth-order valence-corrected chi connectivity index (χ4v) is 5.59. The molecule has 0 aromatic heterocycles. The number of piperidine rings is 1. The van der Waals surface area contributed by atoms with Crippen molar-refractivity contribution >= 4 is 23.8 Å². The van der Waals surface area contributed by atoms with Gasteiger partial charge in [0.2, 0.25) is 0 Å². The minimum Gasteiger partial charge on any atom is -0.444 e. The van der Waals surface area contributed by atoms with Gasteiger partial charge in [-0.2, -0.15) is 0 Å². The predicted molar refractivity (Wildman–Crippen MR) is 161 cm³/mol. The molecule has 1 aliphatic carbocycles. The predicted octanol–water partition coefficient (Wildman–Crippen LogP) is 9.37. The van der Waals surface area contributed by atoms with Crippen LogP contribution in [0.2, 0.25) is 5.02 Å². The number of hydrogen-bond acceptors (Lipinski definition) is 3. The number of benzene rings is 1. The Morgan fingerprint density at radius 2 is 1.81 bits per heavy atom. The zero-order valence-electron chi connectivity index (χ0n) is 24.8. The van der Waals surface area contributed by atoms with Crippen LogP contribution in [0, 0.1) is 5.92 Å².